The molecule has 0 spiro atoms. The summed E-state index contributed by atoms with van der Waals surface area (Å²) < 4.78 is 91.3. The van der Waals surface area contributed by atoms with E-state index >= 15 is 0 Å². The van der Waals surface area contributed by atoms with Crippen molar-refractivity contribution in [3.63, 3.8) is 0 Å². The van der Waals surface area contributed by atoms with Crippen molar-refractivity contribution in [1.82, 2.24) is 0 Å². The molecule has 0 unspecified atom stereocenters. The summed E-state index contributed by atoms with van der Waals surface area (Å²) in [5, 5.41) is 9.01. The minimum atomic E-state index is -5.03. The van der Waals surface area contributed by atoms with Crippen molar-refractivity contribution < 1.29 is 55.3 Å². The summed E-state index contributed by atoms with van der Waals surface area (Å²) in [5.74, 6) is -2.14. The van der Waals surface area contributed by atoms with E-state index in [4.69, 9.17) is 9.47 Å². The highest BCUT2D eigenvalue weighted by Gasteiger charge is 2.49. The highest BCUT2D eigenvalue weighted by Crippen LogP contribution is 2.41. The third kappa shape index (κ3) is 7.39. The van der Waals surface area contributed by atoms with Crippen molar-refractivity contribution in [2.75, 3.05) is 24.7 Å². The molecule has 1 aliphatic heterocycles. The van der Waals surface area contributed by atoms with Gasteiger partial charge in [0.15, 0.2) is 0 Å². The molecule has 0 bridgehead atoms. The molecule has 178 valence electrons. The van der Waals surface area contributed by atoms with Crippen LogP contribution in [0.25, 0.3) is 6.08 Å². The van der Waals surface area contributed by atoms with Crippen LogP contribution in [0.1, 0.15) is 11.1 Å². The number of fused-ring (bicyclic) bond motifs is 1. The van der Waals surface area contributed by atoms with Gasteiger partial charge in [0.1, 0.15) is 24.7 Å². The predicted octanol–water partition coefficient (Wildman–Crippen LogP) is 4.09. The van der Waals surface area contributed by atoms with E-state index in [2.05, 4.69) is 9.57 Å². The highest BCUT2D eigenvalue weighted by atomic mass is 32.2. The van der Waals surface area contributed by atoms with Gasteiger partial charge in [0, 0.05) is 17.1 Å². The molecule has 32 heavy (non-hydrogen) atoms. The fraction of sp³-hybridized carbons (Fsp3) is 0.471. The van der Waals surface area contributed by atoms with Crippen LogP contribution >= 0.6 is 11.8 Å². The number of rotatable bonds is 9. The number of halogens is 6. The maximum atomic E-state index is 13.5. The van der Waals surface area contributed by atoms with Gasteiger partial charge in [-0.3, -0.25) is 0 Å². The number of carbonyl (C=O) groups is 1. The normalized spacial score (nSPS) is 15.8. The van der Waals surface area contributed by atoms with Gasteiger partial charge in [-0.05, 0) is 30.7 Å². The first-order valence-electron chi connectivity index (χ1n) is 8.65. The first-order chi connectivity index (χ1) is 14.8. The molecule has 1 aliphatic rings. The Morgan fingerprint density at radius 3 is 2.44 bits per heavy atom. The Bertz CT molecular complexity index is 887. The fourth-order valence-corrected chi connectivity index (χ4v) is 3.21. The van der Waals surface area contributed by atoms with E-state index in [-0.39, 0.29) is 41.6 Å². The second-order valence-corrected chi connectivity index (χ2v) is 7.38. The zero-order valence-electron chi connectivity index (χ0n) is 16.1. The van der Waals surface area contributed by atoms with Crippen LogP contribution < -0.4 is 9.47 Å². The number of aryl methyl sites for hydroxylation is 1. The second-order valence-electron chi connectivity index (χ2n) is 6.15. The number of hydrogen-bond acceptors (Lipinski definition) is 8. The third-order valence-corrected chi connectivity index (χ3v) is 4.67. The van der Waals surface area contributed by atoms with Gasteiger partial charge in [0.25, 0.3) is 5.09 Å². The van der Waals surface area contributed by atoms with Crippen LogP contribution in [0.5, 0.6) is 11.5 Å². The first-order valence-corrected chi connectivity index (χ1v) is 9.81. The van der Waals surface area contributed by atoms with Crippen LogP contribution in [-0.4, -0.2) is 54.4 Å². The summed E-state index contributed by atoms with van der Waals surface area (Å²) >= 11 is 1.09. The van der Waals surface area contributed by atoms with Crippen LogP contribution in [-0.2, 0) is 14.4 Å². The smallest absolute Gasteiger partial charge is 0.475 e. The van der Waals surface area contributed by atoms with E-state index in [1.54, 1.807) is 0 Å². The van der Waals surface area contributed by atoms with Gasteiger partial charge in [0.2, 0.25) is 6.10 Å². The topological polar surface area (TPSA) is 97.1 Å². The number of hydrogen-bond donors (Lipinski definition) is 0. The molecule has 1 aromatic carbocycles. The van der Waals surface area contributed by atoms with Crippen molar-refractivity contribution in [3.05, 3.63) is 38.9 Å². The Morgan fingerprint density at radius 2 is 1.84 bits per heavy atom. The van der Waals surface area contributed by atoms with Crippen LogP contribution in [0.4, 0.5) is 26.3 Å². The lowest BCUT2D eigenvalue weighted by Gasteiger charge is -2.29. The molecular weight excluding hydrogens is 476 g/mol. The Kier molecular flexibility index (Phi) is 8.09. The third-order valence-electron chi connectivity index (χ3n) is 3.76. The lowest BCUT2D eigenvalue weighted by Crippen LogP contribution is -2.41. The zero-order valence-corrected chi connectivity index (χ0v) is 16.9. The monoisotopic (exact) mass is 491 g/mol. The molecule has 8 nitrogen and oxygen atoms in total. The number of benzene rings is 1. The molecular formula is C17H15F6NO7S. The standard InChI is InChI=1S/C17H15F6NO7S/c1-9-6-11(31-17(21,22)23)7-10-8-12(14(16(18,19)20)30-13(9)10)15(25)28-2-4-32-5-3-29-24(26)27/h6-8,14H,2-5H2,1H3/t14-/m0/s1. The molecule has 0 radical (unpaired) electrons. The molecule has 1 atom stereocenters. The maximum absolute atomic E-state index is 13.5. The molecule has 1 aromatic rings. The summed E-state index contributed by atoms with van der Waals surface area (Å²) in [6.07, 6.45) is -12.0. The molecule has 0 saturated carbocycles. The lowest BCUT2D eigenvalue weighted by molar-refractivity contribution is -0.756. The van der Waals surface area contributed by atoms with Gasteiger partial charge in [0.05, 0.1) is 5.57 Å². The highest BCUT2D eigenvalue weighted by molar-refractivity contribution is 7.99. The van der Waals surface area contributed by atoms with Crippen molar-refractivity contribution >= 4 is 23.8 Å². The van der Waals surface area contributed by atoms with E-state index in [1.807, 2.05) is 0 Å². The van der Waals surface area contributed by atoms with Crippen molar-refractivity contribution in [1.29, 1.82) is 0 Å². The van der Waals surface area contributed by atoms with Gasteiger partial charge in [-0.25, -0.2) is 4.79 Å². The van der Waals surface area contributed by atoms with Crippen molar-refractivity contribution in [2.24, 2.45) is 0 Å². The number of esters is 1. The molecule has 0 aromatic heterocycles. The minimum absolute atomic E-state index is 0.0620. The molecule has 2 rings (SSSR count). The molecule has 0 fully saturated rings. The Balaban J connectivity index is 2.15. The molecule has 0 amide bonds. The van der Waals surface area contributed by atoms with Crippen LogP contribution in [0, 0.1) is 17.0 Å². The molecule has 0 N–H and O–H groups in total. The number of carbonyl (C=O) groups excluding carboxylic acids is 1. The fourth-order valence-electron chi connectivity index (χ4n) is 2.61. The largest absolute Gasteiger partial charge is 0.573 e. The van der Waals surface area contributed by atoms with E-state index in [9.17, 15) is 41.3 Å². The summed E-state index contributed by atoms with van der Waals surface area (Å²) in [6, 6.07) is 1.65. The van der Waals surface area contributed by atoms with E-state index in [0.29, 0.717) is 0 Å². The molecule has 0 saturated heterocycles. The SMILES string of the molecule is Cc1cc(OC(F)(F)F)cc2c1O[C@H](C(F)(F)F)C(C(=O)OCCSCCO[N+](=O)[O-])=C2. The lowest BCUT2D eigenvalue weighted by atomic mass is 9.99. The molecule has 0 aliphatic carbocycles. The average molecular weight is 491 g/mol. The van der Waals surface area contributed by atoms with Crippen LogP contribution in [0.15, 0.2) is 17.7 Å². The maximum Gasteiger partial charge on any atom is 0.573 e. The summed E-state index contributed by atoms with van der Waals surface area (Å²) in [5.41, 5.74) is -1.23. The number of thioether (sulfide) groups is 1. The Morgan fingerprint density at radius 1 is 1.19 bits per heavy atom. The second kappa shape index (κ2) is 10.2. The van der Waals surface area contributed by atoms with Gasteiger partial charge in [-0.1, -0.05) is 0 Å². The van der Waals surface area contributed by atoms with E-state index in [1.165, 1.54) is 6.92 Å². The van der Waals surface area contributed by atoms with Gasteiger partial charge < -0.3 is 19.0 Å². The van der Waals surface area contributed by atoms with E-state index in [0.717, 1.165) is 30.0 Å². The summed E-state index contributed by atoms with van der Waals surface area (Å²) in [6.45, 7) is 0.679. The number of ether oxygens (including phenoxy) is 3. The Labute approximate surface area is 180 Å². The average Bonchev–Trinajstić information content (AvgIpc) is 2.63. The summed E-state index contributed by atoms with van der Waals surface area (Å²) in [7, 11) is 0. The van der Waals surface area contributed by atoms with Crippen molar-refractivity contribution in [3.8, 4) is 11.5 Å². The van der Waals surface area contributed by atoms with Gasteiger partial charge in [-0.2, -0.15) is 24.9 Å². The van der Waals surface area contributed by atoms with Crippen LogP contribution in [0.2, 0.25) is 0 Å². The number of alkyl halides is 6. The minimum Gasteiger partial charge on any atom is -0.475 e. The predicted molar refractivity (Wildman–Crippen MR) is 97.5 cm³/mol. The quantitative estimate of drug-likeness (QED) is 0.168. The van der Waals surface area contributed by atoms with Gasteiger partial charge in [-0.15, -0.1) is 23.3 Å². The summed E-state index contributed by atoms with van der Waals surface area (Å²) in [4.78, 5) is 26.3. The van der Waals surface area contributed by atoms with E-state index < -0.39 is 41.0 Å². The zero-order chi connectivity index (χ0) is 24.1. The molecule has 1 heterocycles. The van der Waals surface area contributed by atoms with Gasteiger partial charge >= 0.3 is 18.5 Å². The van der Waals surface area contributed by atoms with Crippen molar-refractivity contribution in [2.45, 2.75) is 25.6 Å². The van der Waals surface area contributed by atoms with Crippen LogP contribution in [0.3, 0.4) is 0 Å². The number of nitrogens with zero attached hydrogens (tertiary/aromatic N) is 1. The Hall–Kier alpha value is -2.84. The first kappa shape index (κ1) is 25.4. The molecule has 15 heteroatoms.